The maximum atomic E-state index is 11.9. The molecule has 0 spiro atoms. The molecule has 1 aromatic carbocycles. The van der Waals surface area contributed by atoms with Crippen LogP contribution >= 0.6 is 39.1 Å². The van der Waals surface area contributed by atoms with Crippen LogP contribution in [0.25, 0.3) is 0 Å². The van der Waals surface area contributed by atoms with Crippen molar-refractivity contribution >= 4 is 45.0 Å². The fraction of sp³-hybridized carbons (Fsp3) is 0.417. The third kappa shape index (κ3) is 5.28. The van der Waals surface area contributed by atoms with Gasteiger partial charge < -0.3 is 5.32 Å². The van der Waals surface area contributed by atoms with Gasteiger partial charge in [-0.05, 0) is 38.0 Å². The number of alkyl halides is 1. The molecule has 0 aliphatic rings. The molecule has 1 aromatic rings. The first-order chi connectivity index (χ1) is 8.02. The summed E-state index contributed by atoms with van der Waals surface area (Å²) in [5.41, 5.74) is 0.557. The molecule has 2 nitrogen and oxygen atoms in total. The van der Waals surface area contributed by atoms with Gasteiger partial charge in [-0.15, -0.1) is 11.6 Å². The van der Waals surface area contributed by atoms with E-state index in [0.717, 1.165) is 17.3 Å². The van der Waals surface area contributed by atoms with Gasteiger partial charge in [-0.3, -0.25) is 4.79 Å². The van der Waals surface area contributed by atoms with E-state index < -0.39 is 0 Å². The summed E-state index contributed by atoms with van der Waals surface area (Å²) in [7, 11) is 0. The summed E-state index contributed by atoms with van der Waals surface area (Å²) in [4.78, 5) is 11.9. The molecule has 1 rings (SSSR count). The molecule has 5 heteroatoms. The maximum Gasteiger partial charge on any atom is 0.251 e. The lowest BCUT2D eigenvalue weighted by Crippen LogP contribution is -2.32. The topological polar surface area (TPSA) is 29.1 Å². The van der Waals surface area contributed by atoms with Crippen molar-refractivity contribution in [2.75, 3.05) is 5.88 Å². The number of rotatable bonds is 5. The summed E-state index contributed by atoms with van der Waals surface area (Å²) in [5.74, 6) is 0.499. The van der Waals surface area contributed by atoms with Crippen LogP contribution in [0.2, 0.25) is 5.02 Å². The second-order valence-electron chi connectivity index (χ2n) is 3.86. The Labute approximate surface area is 120 Å². The largest absolute Gasteiger partial charge is 0.350 e. The maximum absolute atomic E-state index is 11.9. The predicted octanol–water partition coefficient (Wildman–Crippen LogP) is 4.24. The average Bonchev–Trinajstić information content (AvgIpc) is 2.25. The molecule has 0 saturated carbocycles. The van der Waals surface area contributed by atoms with Crippen molar-refractivity contribution in [3.8, 4) is 0 Å². The van der Waals surface area contributed by atoms with Gasteiger partial charge in [0, 0.05) is 27.0 Å². The Morgan fingerprint density at radius 3 is 2.76 bits per heavy atom. The van der Waals surface area contributed by atoms with Gasteiger partial charge in [0.15, 0.2) is 0 Å². The van der Waals surface area contributed by atoms with Crippen LogP contribution in [0.1, 0.15) is 30.1 Å². The number of carbonyl (C=O) groups excluding carboxylic acids is 1. The first-order valence-corrected chi connectivity index (χ1v) is 7.06. The van der Waals surface area contributed by atoms with Crippen LogP contribution in [0.5, 0.6) is 0 Å². The van der Waals surface area contributed by atoms with Crippen LogP contribution in [0.3, 0.4) is 0 Å². The van der Waals surface area contributed by atoms with Crippen LogP contribution in [-0.2, 0) is 0 Å². The van der Waals surface area contributed by atoms with Crippen LogP contribution in [0.4, 0.5) is 0 Å². The summed E-state index contributed by atoms with van der Waals surface area (Å²) in [6.45, 7) is 1.96. The van der Waals surface area contributed by atoms with Crippen molar-refractivity contribution in [1.82, 2.24) is 5.32 Å². The van der Waals surface area contributed by atoms with E-state index in [9.17, 15) is 4.79 Å². The Morgan fingerprint density at radius 1 is 1.47 bits per heavy atom. The van der Waals surface area contributed by atoms with Crippen LogP contribution in [0, 0.1) is 0 Å². The fourth-order valence-corrected chi connectivity index (χ4v) is 2.46. The second-order valence-corrected chi connectivity index (χ2v) is 5.59. The van der Waals surface area contributed by atoms with Gasteiger partial charge in [0.05, 0.1) is 0 Å². The van der Waals surface area contributed by atoms with Crippen molar-refractivity contribution < 1.29 is 4.79 Å². The van der Waals surface area contributed by atoms with Crippen molar-refractivity contribution in [1.29, 1.82) is 0 Å². The SMILES string of the molecule is CC(CCCCl)NC(=O)c1cc(Cl)cc(Br)c1. The van der Waals surface area contributed by atoms with E-state index in [1.807, 2.05) is 6.92 Å². The zero-order chi connectivity index (χ0) is 12.8. The lowest BCUT2D eigenvalue weighted by molar-refractivity contribution is 0.0938. The van der Waals surface area contributed by atoms with Crippen LogP contribution in [-0.4, -0.2) is 17.8 Å². The van der Waals surface area contributed by atoms with Crippen molar-refractivity contribution in [2.24, 2.45) is 0 Å². The Bertz CT molecular complexity index is 378. The van der Waals surface area contributed by atoms with E-state index in [-0.39, 0.29) is 11.9 Å². The Hall–Kier alpha value is -0.250. The van der Waals surface area contributed by atoms with Crippen LogP contribution < -0.4 is 5.32 Å². The Kier molecular flexibility index (Phi) is 6.31. The lowest BCUT2D eigenvalue weighted by Gasteiger charge is -2.13. The van der Waals surface area contributed by atoms with E-state index in [2.05, 4.69) is 21.2 Å². The summed E-state index contributed by atoms with van der Waals surface area (Å²) in [6.07, 6.45) is 1.76. The normalized spacial score (nSPS) is 12.2. The second kappa shape index (κ2) is 7.24. The highest BCUT2D eigenvalue weighted by Crippen LogP contribution is 2.19. The van der Waals surface area contributed by atoms with Crippen molar-refractivity contribution in [3.63, 3.8) is 0 Å². The number of benzene rings is 1. The third-order valence-electron chi connectivity index (χ3n) is 2.27. The fourth-order valence-electron chi connectivity index (χ4n) is 1.45. The monoisotopic (exact) mass is 337 g/mol. The van der Waals surface area contributed by atoms with Gasteiger partial charge in [0.1, 0.15) is 0 Å². The van der Waals surface area contributed by atoms with E-state index in [1.165, 1.54) is 0 Å². The Balaban J connectivity index is 2.63. The van der Waals surface area contributed by atoms with Gasteiger partial charge in [-0.25, -0.2) is 0 Å². The van der Waals surface area contributed by atoms with E-state index in [0.29, 0.717) is 16.5 Å². The highest BCUT2D eigenvalue weighted by molar-refractivity contribution is 9.10. The summed E-state index contributed by atoms with van der Waals surface area (Å²) in [6, 6.07) is 5.25. The molecule has 0 fully saturated rings. The number of halogens is 3. The molecule has 1 atom stereocenters. The highest BCUT2D eigenvalue weighted by Gasteiger charge is 2.10. The minimum atomic E-state index is -0.115. The summed E-state index contributed by atoms with van der Waals surface area (Å²) in [5, 5.41) is 3.45. The predicted molar refractivity (Wildman–Crippen MR) is 76.0 cm³/mol. The molecule has 0 aromatic heterocycles. The number of hydrogen-bond acceptors (Lipinski definition) is 1. The molecule has 1 amide bonds. The first-order valence-electron chi connectivity index (χ1n) is 5.36. The third-order valence-corrected chi connectivity index (χ3v) is 3.22. The van der Waals surface area contributed by atoms with Crippen LogP contribution in [0.15, 0.2) is 22.7 Å². The zero-order valence-electron chi connectivity index (χ0n) is 9.47. The summed E-state index contributed by atoms with van der Waals surface area (Å²) < 4.78 is 0.795. The van der Waals surface area contributed by atoms with Gasteiger partial charge in [-0.2, -0.15) is 0 Å². The average molecular weight is 339 g/mol. The Morgan fingerprint density at radius 2 is 2.18 bits per heavy atom. The molecular weight excluding hydrogens is 325 g/mol. The minimum absolute atomic E-state index is 0.110. The minimum Gasteiger partial charge on any atom is -0.350 e. The number of hydrogen-bond donors (Lipinski definition) is 1. The molecule has 1 unspecified atom stereocenters. The van der Waals surface area contributed by atoms with Crippen molar-refractivity contribution in [3.05, 3.63) is 33.3 Å². The first kappa shape index (κ1) is 14.8. The quantitative estimate of drug-likeness (QED) is 0.799. The van der Waals surface area contributed by atoms with Gasteiger partial charge in [-0.1, -0.05) is 27.5 Å². The molecule has 1 N–H and O–H groups in total. The molecular formula is C12H14BrCl2NO. The number of nitrogens with one attached hydrogen (secondary N) is 1. The smallest absolute Gasteiger partial charge is 0.251 e. The molecule has 17 heavy (non-hydrogen) atoms. The van der Waals surface area contributed by atoms with E-state index in [1.54, 1.807) is 18.2 Å². The van der Waals surface area contributed by atoms with Gasteiger partial charge in [0.25, 0.3) is 5.91 Å². The zero-order valence-corrected chi connectivity index (χ0v) is 12.6. The molecule has 0 aliphatic carbocycles. The summed E-state index contributed by atoms with van der Waals surface area (Å²) >= 11 is 14.8. The van der Waals surface area contributed by atoms with E-state index in [4.69, 9.17) is 23.2 Å². The molecule has 0 heterocycles. The standard InChI is InChI=1S/C12H14BrCl2NO/c1-8(3-2-4-14)16-12(17)9-5-10(13)7-11(15)6-9/h5-8H,2-4H2,1H3,(H,16,17). The number of amides is 1. The lowest BCUT2D eigenvalue weighted by atomic mass is 10.1. The highest BCUT2D eigenvalue weighted by atomic mass is 79.9. The van der Waals surface area contributed by atoms with Gasteiger partial charge in [0.2, 0.25) is 0 Å². The molecule has 0 radical (unpaired) electrons. The molecule has 0 bridgehead atoms. The molecule has 0 aliphatic heterocycles. The van der Waals surface area contributed by atoms with E-state index >= 15 is 0 Å². The number of carbonyl (C=O) groups is 1. The van der Waals surface area contributed by atoms with Crippen molar-refractivity contribution in [2.45, 2.75) is 25.8 Å². The molecule has 0 saturated heterocycles. The molecule has 94 valence electrons. The van der Waals surface area contributed by atoms with Gasteiger partial charge >= 0.3 is 0 Å².